The Bertz CT molecular complexity index is 132. The van der Waals surface area contributed by atoms with Gasteiger partial charge in [-0.1, -0.05) is 13.8 Å². The minimum absolute atomic E-state index is 0.781. The van der Waals surface area contributed by atoms with Crippen LogP contribution in [-0.4, -0.2) is 38.1 Å². The van der Waals surface area contributed by atoms with Gasteiger partial charge in [0.05, 0.1) is 0 Å². The predicted molar refractivity (Wildman–Crippen MR) is 57.9 cm³/mol. The lowest BCUT2D eigenvalue weighted by atomic mass is 10.1. The van der Waals surface area contributed by atoms with E-state index in [4.69, 9.17) is 0 Å². The van der Waals surface area contributed by atoms with Crippen LogP contribution in [0.15, 0.2) is 0 Å². The first kappa shape index (κ1) is 11.0. The van der Waals surface area contributed by atoms with Crippen LogP contribution >= 0.6 is 0 Å². The van der Waals surface area contributed by atoms with Gasteiger partial charge in [0, 0.05) is 13.1 Å². The van der Waals surface area contributed by atoms with Crippen molar-refractivity contribution in [2.24, 2.45) is 11.8 Å². The first-order chi connectivity index (χ1) is 6.26. The summed E-state index contributed by atoms with van der Waals surface area (Å²) in [5.41, 5.74) is 0. The van der Waals surface area contributed by atoms with Crippen LogP contribution in [0.4, 0.5) is 0 Å². The summed E-state index contributed by atoms with van der Waals surface area (Å²) in [6.45, 7) is 9.55. The Labute approximate surface area is 82.7 Å². The lowest BCUT2D eigenvalue weighted by Crippen LogP contribution is -2.33. The molecule has 1 saturated carbocycles. The van der Waals surface area contributed by atoms with Gasteiger partial charge in [0.2, 0.25) is 0 Å². The van der Waals surface area contributed by atoms with Crippen molar-refractivity contribution in [3.63, 3.8) is 0 Å². The summed E-state index contributed by atoms with van der Waals surface area (Å²) in [5.74, 6) is 1.81. The molecule has 1 unspecified atom stereocenters. The lowest BCUT2D eigenvalue weighted by molar-refractivity contribution is 0.238. The van der Waals surface area contributed by atoms with Gasteiger partial charge < -0.3 is 10.2 Å². The summed E-state index contributed by atoms with van der Waals surface area (Å²) in [7, 11) is 2.04. The molecule has 0 aliphatic heterocycles. The highest BCUT2D eigenvalue weighted by molar-refractivity contribution is 4.77. The number of rotatable bonds is 7. The molecule has 1 aliphatic rings. The SMILES string of the molecule is CCN(CC(C)CNC)CC1CC1. The van der Waals surface area contributed by atoms with E-state index in [2.05, 4.69) is 24.1 Å². The smallest absolute Gasteiger partial charge is 0.00191 e. The average Bonchev–Trinajstić information content (AvgIpc) is 2.87. The summed E-state index contributed by atoms with van der Waals surface area (Å²) in [4.78, 5) is 2.60. The second kappa shape index (κ2) is 5.61. The van der Waals surface area contributed by atoms with Crippen LogP contribution in [0, 0.1) is 11.8 Å². The zero-order valence-electron chi connectivity index (χ0n) is 9.34. The molecule has 2 heteroatoms. The van der Waals surface area contributed by atoms with E-state index in [9.17, 15) is 0 Å². The summed E-state index contributed by atoms with van der Waals surface area (Å²) in [6.07, 6.45) is 2.94. The van der Waals surface area contributed by atoms with Gasteiger partial charge in [0.15, 0.2) is 0 Å². The Morgan fingerprint density at radius 3 is 2.62 bits per heavy atom. The monoisotopic (exact) mass is 184 g/mol. The Morgan fingerprint density at radius 1 is 1.46 bits per heavy atom. The second-order valence-corrected chi connectivity index (χ2v) is 4.46. The number of nitrogens with one attached hydrogen (secondary N) is 1. The first-order valence-corrected chi connectivity index (χ1v) is 5.63. The molecule has 2 nitrogen and oxygen atoms in total. The maximum Gasteiger partial charge on any atom is 0.00191 e. The molecule has 1 rings (SSSR count). The van der Waals surface area contributed by atoms with Gasteiger partial charge in [0.1, 0.15) is 0 Å². The molecule has 78 valence electrons. The van der Waals surface area contributed by atoms with Gasteiger partial charge in [-0.2, -0.15) is 0 Å². The van der Waals surface area contributed by atoms with E-state index in [1.165, 1.54) is 32.5 Å². The van der Waals surface area contributed by atoms with E-state index in [1.807, 2.05) is 7.05 Å². The third-order valence-electron chi connectivity index (χ3n) is 2.78. The molecule has 13 heavy (non-hydrogen) atoms. The third kappa shape index (κ3) is 4.63. The fourth-order valence-corrected chi connectivity index (χ4v) is 1.85. The van der Waals surface area contributed by atoms with Gasteiger partial charge in [0.25, 0.3) is 0 Å². The van der Waals surface area contributed by atoms with Gasteiger partial charge in [-0.25, -0.2) is 0 Å². The van der Waals surface area contributed by atoms with E-state index >= 15 is 0 Å². The van der Waals surface area contributed by atoms with Crippen molar-refractivity contribution in [2.45, 2.75) is 26.7 Å². The molecular weight excluding hydrogens is 160 g/mol. The molecular formula is C11H24N2. The van der Waals surface area contributed by atoms with Gasteiger partial charge in [-0.15, -0.1) is 0 Å². The fraction of sp³-hybridized carbons (Fsp3) is 1.00. The van der Waals surface area contributed by atoms with Crippen LogP contribution in [0.2, 0.25) is 0 Å². The van der Waals surface area contributed by atoms with E-state index < -0.39 is 0 Å². The highest BCUT2D eigenvalue weighted by atomic mass is 15.1. The van der Waals surface area contributed by atoms with Crippen LogP contribution in [0.1, 0.15) is 26.7 Å². The lowest BCUT2D eigenvalue weighted by Gasteiger charge is -2.24. The normalized spacial score (nSPS) is 19.4. The van der Waals surface area contributed by atoms with Crippen LogP contribution in [0.3, 0.4) is 0 Å². The molecule has 1 fully saturated rings. The molecule has 0 aromatic rings. The number of hydrogen-bond donors (Lipinski definition) is 1. The summed E-state index contributed by atoms with van der Waals surface area (Å²) in [5, 5.41) is 3.24. The van der Waals surface area contributed by atoms with E-state index in [0.29, 0.717) is 0 Å². The molecule has 0 saturated heterocycles. The number of nitrogens with zero attached hydrogens (tertiary/aromatic N) is 1. The van der Waals surface area contributed by atoms with E-state index in [-0.39, 0.29) is 0 Å². The first-order valence-electron chi connectivity index (χ1n) is 5.63. The highest BCUT2D eigenvalue weighted by Crippen LogP contribution is 2.29. The summed E-state index contributed by atoms with van der Waals surface area (Å²) < 4.78 is 0. The van der Waals surface area contributed by atoms with Gasteiger partial charge >= 0.3 is 0 Å². The molecule has 0 radical (unpaired) electrons. The molecule has 0 bridgehead atoms. The third-order valence-corrected chi connectivity index (χ3v) is 2.78. The van der Waals surface area contributed by atoms with Crippen molar-refractivity contribution in [1.82, 2.24) is 10.2 Å². The molecule has 0 amide bonds. The van der Waals surface area contributed by atoms with Crippen molar-refractivity contribution in [3.05, 3.63) is 0 Å². The van der Waals surface area contributed by atoms with Crippen molar-refractivity contribution in [3.8, 4) is 0 Å². The van der Waals surface area contributed by atoms with E-state index in [0.717, 1.165) is 18.4 Å². The van der Waals surface area contributed by atoms with Gasteiger partial charge in [-0.05, 0) is 44.8 Å². The quantitative estimate of drug-likeness (QED) is 0.646. The van der Waals surface area contributed by atoms with Crippen LogP contribution in [0.25, 0.3) is 0 Å². The Balaban J connectivity index is 2.13. The zero-order valence-corrected chi connectivity index (χ0v) is 9.34. The van der Waals surface area contributed by atoms with Crippen molar-refractivity contribution >= 4 is 0 Å². The maximum absolute atomic E-state index is 3.24. The van der Waals surface area contributed by atoms with Crippen LogP contribution < -0.4 is 5.32 Å². The van der Waals surface area contributed by atoms with Gasteiger partial charge in [-0.3, -0.25) is 0 Å². The standard InChI is InChI=1S/C11H24N2/c1-4-13(9-11-5-6-11)8-10(2)7-12-3/h10-12H,4-9H2,1-3H3. The molecule has 0 spiro atoms. The van der Waals surface area contributed by atoms with Crippen molar-refractivity contribution in [1.29, 1.82) is 0 Å². The molecule has 0 heterocycles. The highest BCUT2D eigenvalue weighted by Gasteiger charge is 2.23. The largest absolute Gasteiger partial charge is 0.319 e. The van der Waals surface area contributed by atoms with E-state index in [1.54, 1.807) is 0 Å². The van der Waals surface area contributed by atoms with Crippen molar-refractivity contribution in [2.75, 3.05) is 33.2 Å². The summed E-state index contributed by atoms with van der Waals surface area (Å²) in [6, 6.07) is 0. The average molecular weight is 184 g/mol. The molecule has 1 aliphatic carbocycles. The Morgan fingerprint density at radius 2 is 2.15 bits per heavy atom. The predicted octanol–water partition coefficient (Wildman–Crippen LogP) is 1.57. The fourth-order valence-electron chi connectivity index (χ4n) is 1.85. The van der Waals surface area contributed by atoms with Crippen molar-refractivity contribution < 1.29 is 0 Å². The molecule has 0 aromatic heterocycles. The van der Waals surface area contributed by atoms with Crippen LogP contribution in [0.5, 0.6) is 0 Å². The molecule has 1 N–H and O–H groups in total. The van der Waals surface area contributed by atoms with Crippen LogP contribution in [-0.2, 0) is 0 Å². The minimum atomic E-state index is 0.781. The Kier molecular flexibility index (Phi) is 4.74. The number of hydrogen-bond acceptors (Lipinski definition) is 2. The molecule has 0 aromatic carbocycles. The topological polar surface area (TPSA) is 15.3 Å². The zero-order chi connectivity index (χ0) is 9.68. The molecule has 1 atom stereocenters. The second-order valence-electron chi connectivity index (χ2n) is 4.46. The Hall–Kier alpha value is -0.0800. The minimum Gasteiger partial charge on any atom is -0.319 e. The maximum atomic E-state index is 3.24. The summed E-state index contributed by atoms with van der Waals surface area (Å²) >= 11 is 0.